The highest BCUT2D eigenvalue weighted by Crippen LogP contribution is 2.17. The van der Waals surface area contributed by atoms with E-state index in [4.69, 9.17) is 0 Å². The van der Waals surface area contributed by atoms with Crippen molar-refractivity contribution < 1.29 is 4.79 Å². The average Bonchev–Trinajstić information content (AvgIpc) is 2.72. The molecule has 0 aliphatic heterocycles. The van der Waals surface area contributed by atoms with E-state index in [0.29, 0.717) is 22.4 Å². The number of fused-ring (bicyclic) bond motifs is 1. The van der Waals surface area contributed by atoms with Crippen molar-refractivity contribution in [3.8, 4) is 11.3 Å². The summed E-state index contributed by atoms with van der Waals surface area (Å²) in [6.07, 6.45) is 0. The maximum absolute atomic E-state index is 13.1. The number of hydrogen-bond donors (Lipinski definition) is 1. The van der Waals surface area contributed by atoms with E-state index in [1.54, 1.807) is 6.07 Å². The first-order valence-corrected chi connectivity index (χ1v) is 9.03. The van der Waals surface area contributed by atoms with Gasteiger partial charge < -0.3 is 5.32 Å². The maximum atomic E-state index is 13.1. The first-order valence-electron chi connectivity index (χ1n) is 9.03. The number of para-hydroxylation sites is 2. The number of nitrogens with one attached hydrogen (secondary N) is 1. The van der Waals surface area contributed by atoms with Crippen LogP contribution in [0.25, 0.3) is 22.3 Å². The van der Waals surface area contributed by atoms with E-state index in [2.05, 4.69) is 10.3 Å². The molecule has 138 valence electrons. The van der Waals surface area contributed by atoms with E-state index in [0.717, 1.165) is 11.1 Å². The fraction of sp³-hybridized carbons (Fsp3) is 0.0870. The number of benzene rings is 3. The van der Waals surface area contributed by atoms with Crippen molar-refractivity contribution in [3.05, 3.63) is 94.8 Å². The van der Waals surface area contributed by atoms with Crippen LogP contribution in [0.4, 0.5) is 5.69 Å². The number of nitrogens with zero attached hydrogens (tertiary/aromatic N) is 2. The topological polar surface area (TPSA) is 64.0 Å². The third-order valence-electron chi connectivity index (χ3n) is 4.54. The molecule has 0 aliphatic rings. The molecule has 1 aromatic heterocycles. The number of aryl methyl sites for hydroxylation is 1. The van der Waals surface area contributed by atoms with Gasteiger partial charge in [-0.2, -0.15) is 0 Å². The van der Waals surface area contributed by atoms with Crippen molar-refractivity contribution in [2.45, 2.75) is 13.5 Å². The average molecular weight is 369 g/mol. The Labute approximate surface area is 162 Å². The molecule has 1 N–H and O–H groups in total. The lowest BCUT2D eigenvalue weighted by Gasteiger charge is -2.13. The van der Waals surface area contributed by atoms with E-state index < -0.39 is 0 Å². The molecule has 1 heterocycles. The Morgan fingerprint density at radius 3 is 2.36 bits per heavy atom. The van der Waals surface area contributed by atoms with Crippen LogP contribution < -0.4 is 10.9 Å². The summed E-state index contributed by atoms with van der Waals surface area (Å²) in [4.78, 5) is 30.3. The number of hydrogen-bond acceptors (Lipinski definition) is 3. The SMILES string of the molecule is Cc1ccc(NC(=O)Cn2c(=O)c(-c3ccccc3)nc3ccccc32)cc1. The summed E-state index contributed by atoms with van der Waals surface area (Å²) < 4.78 is 1.48. The lowest BCUT2D eigenvalue weighted by molar-refractivity contribution is -0.116. The number of carbonyl (C=O) groups is 1. The first-order chi connectivity index (χ1) is 13.6. The minimum Gasteiger partial charge on any atom is -0.325 e. The van der Waals surface area contributed by atoms with Crippen LogP contribution in [0.2, 0.25) is 0 Å². The fourth-order valence-corrected chi connectivity index (χ4v) is 3.11. The lowest BCUT2D eigenvalue weighted by Crippen LogP contribution is -2.29. The van der Waals surface area contributed by atoms with E-state index in [1.807, 2.05) is 79.7 Å². The molecule has 0 unspecified atom stereocenters. The molecule has 3 aromatic carbocycles. The smallest absolute Gasteiger partial charge is 0.278 e. The summed E-state index contributed by atoms with van der Waals surface area (Å²) in [5, 5.41) is 2.85. The molecule has 1 amide bonds. The highest BCUT2D eigenvalue weighted by Gasteiger charge is 2.15. The lowest BCUT2D eigenvalue weighted by atomic mass is 10.1. The molecule has 0 aliphatic carbocycles. The summed E-state index contributed by atoms with van der Waals surface area (Å²) >= 11 is 0. The number of rotatable bonds is 4. The molecule has 28 heavy (non-hydrogen) atoms. The summed E-state index contributed by atoms with van der Waals surface area (Å²) in [6.45, 7) is 1.90. The van der Waals surface area contributed by atoms with E-state index >= 15 is 0 Å². The number of amides is 1. The summed E-state index contributed by atoms with van der Waals surface area (Å²) in [7, 11) is 0. The van der Waals surface area contributed by atoms with Crippen molar-refractivity contribution in [2.24, 2.45) is 0 Å². The number of aromatic nitrogens is 2. The molecule has 4 aromatic rings. The van der Waals surface area contributed by atoms with Crippen molar-refractivity contribution in [1.82, 2.24) is 9.55 Å². The van der Waals surface area contributed by atoms with Gasteiger partial charge in [0.05, 0.1) is 11.0 Å². The number of carbonyl (C=O) groups excluding carboxylic acids is 1. The van der Waals surface area contributed by atoms with Crippen LogP contribution in [0.5, 0.6) is 0 Å². The van der Waals surface area contributed by atoms with Crippen LogP contribution in [0, 0.1) is 6.92 Å². The minimum atomic E-state index is -0.288. The Hall–Kier alpha value is -3.73. The van der Waals surface area contributed by atoms with Gasteiger partial charge in [-0.1, -0.05) is 60.2 Å². The van der Waals surface area contributed by atoms with Crippen LogP contribution in [-0.4, -0.2) is 15.5 Å². The van der Waals surface area contributed by atoms with E-state index in [9.17, 15) is 9.59 Å². The normalized spacial score (nSPS) is 10.8. The molecule has 0 radical (unpaired) electrons. The molecule has 0 atom stereocenters. The Morgan fingerprint density at radius 1 is 0.929 bits per heavy atom. The highest BCUT2D eigenvalue weighted by molar-refractivity contribution is 5.91. The van der Waals surface area contributed by atoms with Crippen LogP contribution in [0.1, 0.15) is 5.56 Å². The van der Waals surface area contributed by atoms with Crippen molar-refractivity contribution in [2.75, 3.05) is 5.32 Å². The molecule has 5 nitrogen and oxygen atoms in total. The van der Waals surface area contributed by atoms with Gasteiger partial charge in [0.2, 0.25) is 5.91 Å². The monoisotopic (exact) mass is 369 g/mol. The van der Waals surface area contributed by atoms with Crippen molar-refractivity contribution in [3.63, 3.8) is 0 Å². The van der Waals surface area contributed by atoms with Gasteiger partial charge in [-0.3, -0.25) is 14.2 Å². The predicted octanol–water partition coefficient (Wildman–Crippen LogP) is 4.01. The van der Waals surface area contributed by atoms with Gasteiger partial charge >= 0.3 is 0 Å². The van der Waals surface area contributed by atoms with Gasteiger partial charge in [-0.05, 0) is 31.2 Å². The van der Waals surface area contributed by atoms with Gasteiger partial charge in [-0.15, -0.1) is 0 Å². The third-order valence-corrected chi connectivity index (χ3v) is 4.54. The second-order valence-electron chi connectivity index (χ2n) is 6.62. The molecular formula is C23H19N3O2. The van der Waals surface area contributed by atoms with Crippen LogP contribution in [-0.2, 0) is 11.3 Å². The standard InChI is InChI=1S/C23H19N3O2/c1-16-11-13-18(14-12-16)24-21(27)15-26-20-10-6-5-9-19(20)25-22(23(26)28)17-7-3-2-4-8-17/h2-14H,15H2,1H3,(H,24,27). The Morgan fingerprint density at radius 2 is 1.61 bits per heavy atom. The molecule has 4 rings (SSSR count). The zero-order valence-electron chi connectivity index (χ0n) is 15.4. The molecule has 0 saturated heterocycles. The van der Waals surface area contributed by atoms with Crippen molar-refractivity contribution >= 4 is 22.6 Å². The zero-order valence-corrected chi connectivity index (χ0v) is 15.4. The third kappa shape index (κ3) is 3.55. The van der Waals surface area contributed by atoms with Crippen LogP contribution >= 0.6 is 0 Å². The Kier molecular flexibility index (Phi) is 4.72. The fourth-order valence-electron chi connectivity index (χ4n) is 3.11. The molecule has 0 saturated carbocycles. The second-order valence-corrected chi connectivity index (χ2v) is 6.62. The first kappa shape index (κ1) is 17.7. The summed E-state index contributed by atoms with van der Waals surface area (Å²) in [5.41, 5.74) is 3.89. The Balaban J connectivity index is 1.75. The highest BCUT2D eigenvalue weighted by atomic mass is 16.2. The van der Waals surface area contributed by atoms with Crippen LogP contribution in [0.15, 0.2) is 83.7 Å². The Bertz CT molecular complexity index is 1200. The van der Waals surface area contributed by atoms with E-state index in [1.165, 1.54) is 4.57 Å². The molecule has 0 fully saturated rings. The maximum Gasteiger partial charge on any atom is 0.278 e. The van der Waals surface area contributed by atoms with Gasteiger partial charge in [0, 0.05) is 11.3 Å². The number of anilines is 1. The van der Waals surface area contributed by atoms with Gasteiger partial charge in [0.25, 0.3) is 5.56 Å². The van der Waals surface area contributed by atoms with E-state index in [-0.39, 0.29) is 18.0 Å². The summed E-state index contributed by atoms with van der Waals surface area (Å²) in [6, 6.07) is 24.2. The van der Waals surface area contributed by atoms with Gasteiger partial charge in [0.15, 0.2) is 0 Å². The second kappa shape index (κ2) is 7.48. The predicted molar refractivity (Wildman–Crippen MR) is 111 cm³/mol. The van der Waals surface area contributed by atoms with Crippen LogP contribution in [0.3, 0.4) is 0 Å². The van der Waals surface area contributed by atoms with Gasteiger partial charge in [0.1, 0.15) is 12.2 Å². The molecule has 0 bridgehead atoms. The molecule has 5 heteroatoms. The van der Waals surface area contributed by atoms with Crippen molar-refractivity contribution in [1.29, 1.82) is 0 Å². The largest absolute Gasteiger partial charge is 0.325 e. The molecular weight excluding hydrogens is 350 g/mol. The summed E-state index contributed by atoms with van der Waals surface area (Å²) in [5.74, 6) is -0.263. The van der Waals surface area contributed by atoms with Gasteiger partial charge in [-0.25, -0.2) is 4.98 Å². The zero-order chi connectivity index (χ0) is 19.5. The quantitative estimate of drug-likeness (QED) is 0.591. The minimum absolute atomic E-state index is 0.0877. The molecule has 0 spiro atoms.